The molecule has 0 aliphatic carbocycles. The summed E-state index contributed by atoms with van der Waals surface area (Å²) in [6.45, 7) is 3.48. The van der Waals surface area contributed by atoms with Crippen molar-refractivity contribution in [3.63, 3.8) is 0 Å². The summed E-state index contributed by atoms with van der Waals surface area (Å²) in [5.74, 6) is 0.890. The number of fused-ring (bicyclic) bond motifs is 1. The summed E-state index contributed by atoms with van der Waals surface area (Å²) in [5.41, 5.74) is 2.95. The highest BCUT2D eigenvalue weighted by Gasteiger charge is 2.30. The molecule has 0 unspecified atom stereocenters. The number of pyridine rings is 1. The zero-order valence-electron chi connectivity index (χ0n) is 16.0. The Balaban J connectivity index is 1.50. The minimum Gasteiger partial charge on any atom is -0.380 e. The third-order valence-corrected chi connectivity index (χ3v) is 7.04. The van der Waals surface area contributed by atoms with Crippen molar-refractivity contribution in [3.05, 3.63) is 60.0 Å². The number of piperidine rings is 1. The Morgan fingerprint density at radius 3 is 2.79 bits per heavy atom. The lowest BCUT2D eigenvalue weighted by Gasteiger charge is -2.30. The Kier molecular flexibility index (Phi) is 5.32. The van der Waals surface area contributed by atoms with E-state index in [1.54, 1.807) is 15.7 Å². The van der Waals surface area contributed by atoms with Gasteiger partial charge in [0.2, 0.25) is 10.0 Å². The zero-order valence-corrected chi connectivity index (χ0v) is 16.8. The minimum atomic E-state index is -3.17. The Hall–Kier alpha value is -2.45. The lowest BCUT2D eigenvalue weighted by molar-refractivity contribution is 0.309. The van der Waals surface area contributed by atoms with Gasteiger partial charge in [0, 0.05) is 25.6 Å². The maximum atomic E-state index is 12.2. The molecule has 1 aliphatic rings. The van der Waals surface area contributed by atoms with Gasteiger partial charge >= 0.3 is 0 Å². The van der Waals surface area contributed by atoms with E-state index >= 15 is 0 Å². The number of hydrogen-bond donors (Lipinski definition) is 1. The molecule has 2 aromatic heterocycles. The van der Waals surface area contributed by atoms with Crippen LogP contribution in [0.3, 0.4) is 0 Å². The average molecular weight is 400 g/mol. The van der Waals surface area contributed by atoms with Crippen LogP contribution in [0, 0.1) is 0 Å². The molecular formula is C20H25N5O2S. The second-order valence-corrected chi connectivity index (χ2v) is 9.39. The predicted molar refractivity (Wildman–Crippen MR) is 110 cm³/mol. The van der Waals surface area contributed by atoms with Crippen molar-refractivity contribution < 1.29 is 8.42 Å². The van der Waals surface area contributed by atoms with Crippen molar-refractivity contribution in [1.82, 2.24) is 18.9 Å². The molecule has 1 fully saturated rings. The summed E-state index contributed by atoms with van der Waals surface area (Å²) in [5, 5.41) is 8.04. The molecule has 1 saturated heterocycles. The molecule has 4 rings (SSSR count). The highest BCUT2D eigenvalue weighted by molar-refractivity contribution is 7.89. The average Bonchev–Trinajstić information content (AvgIpc) is 3.16. The molecular weight excluding hydrogens is 374 g/mol. The Morgan fingerprint density at radius 2 is 2.00 bits per heavy atom. The molecule has 1 atom stereocenters. The summed E-state index contributed by atoms with van der Waals surface area (Å²) >= 11 is 0. The van der Waals surface area contributed by atoms with Gasteiger partial charge in [0.05, 0.1) is 17.6 Å². The monoisotopic (exact) mass is 399 g/mol. The first-order valence-electron chi connectivity index (χ1n) is 9.67. The summed E-state index contributed by atoms with van der Waals surface area (Å²) in [7, 11) is -3.17. The SMILES string of the molecule is CCS(=O)(=O)N1CCC[C@H](c2nc3ccc(NCc4ccccc4)cn3n2)C1. The van der Waals surface area contributed by atoms with Crippen LogP contribution in [0.1, 0.15) is 37.1 Å². The van der Waals surface area contributed by atoms with Crippen LogP contribution in [-0.2, 0) is 16.6 Å². The lowest BCUT2D eigenvalue weighted by atomic mass is 9.99. The number of nitrogens with zero attached hydrogens (tertiary/aromatic N) is 4. The Labute approximate surface area is 165 Å². The van der Waals surface area contributed by atoms with E-state index in [0.717, 1.165) is 36.5 Å². The molecule has 0 spiro atoms. The lowest BCUT2D eigenvalue weighted by Crippen LogP contribution is -2.40. The molecule has 7 nitrogen and oxygen atoms in total. The number of aromatic nitrogens is 3. The normalized spacial score (nSPS) is 18.4. The molecule has 8 heteroatoms. The van der Waals surface area contributed by atoms with Gasteiger partial charge in [0.25, 0.3) is 0 Å². The molecule has 28 heavy (non-hydrogen) atoms. The third kappa shape index (κ3) is 4.02. The predicted octanol–water partition coefficient (Wildman–Crippen LogP) is 2.87. The van der Waals surface area contributed by atoms with Crippen molar-refractivity contribution in [1.29, 1.82) is 0 Å². The second-order valence-electron chi connectivity index (χ2n) is 7.13. The van der Waals surface area contributed by atoms with E-state index in [1.165, 1.54) is 5.56 Å². The summed E-state index contributed by atoms with van der Waals surface area (Å²) < 4.78 is 27.8. The zero-order chi connectivity index (χ0) is 19.6. The van der Waals surface area contributed by atoms with Crippen LogP contribution in [0.5, 0.6) is 0 Å². The van der Waals surface area contributed by atoms with Gasteiger partial charge in [-0.25, -0.2) is 22.2 Å². The quantitative estimate of drug-likeness (QED) is 0.689. The topological polar surface area (TPSA) is 79.6 Å². The van der Waals surface area contributed by atoms with E-state index in [0.29, 0.717) is 13.1 Å². The van der Waals surface area contributed by atoms with Crippen molar-refractivity contribution in [2.75, 3.05) is 24.2 Å². The highest BCUT2D eigenvalue weighted by atomic mass is 32.2. The van der Waals surface area contributed by atoms with E-state index < -0.39 is 10.0 Å². The van der Waals surface area contributed by atoms with Crippen LogP contribution < -0.4 is 5.32 Å². The van der Waals surface area contributed by atoms with Gasteiger partial charge in [0.15, 0.2) is 11.5 Å². The van der Waals surface area contributed by atoms with Gasteiger partial charge in [-0.1, -0.05) is 30.3 Å². The molecule has 1 aromatic carbocycles. The minimum absolute atomic E-state index is 0.0377. The van der Waals surface area contributed by atoms with Crippen LogP contribution in [-0.4, -0.2) is 46.2 Å². The molecule has 1 aliphatic heterocycles. The van der Waals surface area contributed by atoms with E-state index in [9.17, 15) is 8.42 Å². The molecule has 3 heterocycles. The van der Waals surface area contributed by atoms with Gasteiger partial charge < -0.3 is 5.32 Å². The molecule has 0 radical (unpaired) electrons. The molecule has 1 N–H and O–H groups in total. The molecule has 0 saturated carbocycles. The number of benzene rings is 1. The largest absolute Gasteiger partial charge is 0.380 e. The van der Waals surface area contributed by atoms with Crippen LogP contribution in [0.25, 0.3) is 5.65 Å². The number of sulfonamides is 1. The van der Waals surface area contributed by atoms with Gasteiger partial charge in [-0.2, -0.15) is 5.10 Å². The molecule has 0 amide bonds. The number of anilines is 1. The second kappa shape index (κ2) is 7.89. The molecule has 0 bridgehead atoms. The van der Waals surface area contributed by atoms with Crippen molar-refractivity contribution in [2.45, 2.75) is 32.2 Å². The fourth-order valence-electron chi connectivity index (χ4n) is 3.57. The van der Waals surface area contributed by atoms with Gasteiger partial charge in [0.1, 0.15) is 0 Å². The number of hydrogen-bond acceptors (Lipinski definition) is 5. The fourth-order valence-corrected chi connectivity index (χ4v) is 4.75. The Bertz CT molecular complexity index is 1050. The van der Waals surface area contributed by atoms with Crippen molar-refractivity contribution in [2.24, 2.45) is 0 Å². The Morgan fingerprint density at radius 1 is 1.18 bits per heavy atom. The smallest absolute Gasteiger partial charge is 0.213 e. The van der Waals surface area contributed by atoms with E-state index in [2.05, 4.69) is 27.5 Å². The summed E-state index contributed by atoms with van der Waals surface area (Å²) in [4.78, 5) is 4.64. The molecule has 3 aromatic rings. The van der Waals surface area contributed by atoms with Crippen LogP contribution in [0.2, 0.25) is 0 Å². The van der Waals surface area contributed by atoms with E-state index in [1.807, 2.05) is 36.5 Å². The van der Waals surface area contributed by atoms with Crippen LogP contribution in [0.15, 0.2) is 48.7 Å². The van der Waals surface area contributed by atoms with Crippen LogP contribution >= 0.6 is 0 Å². The summed E-state index contributed by atoms with van der Waals surface area (Å²) in [6, 6.07) is 14.1. The standard InChI is InChI=1S/C20H25N5O2S/c1-2-28(26,27)24-12-6-9-17(14-24)20-22-19-11-10-18(15-25(19)23-20)21-13-16-7-4-3-5-8-16/h3-5,7-8,10-11,15,17,21H,2,6,9,12-14H2,1H3/t17-/m0/s1. The van der Waals surface area contributed by atoms with E-state index in [4.69, 9.17) is 0 Å². The van der Waals surface area contributed by atoms with E-state index in [-0.39, 0.29) is 11.7 Å². The van der Waals surface area contributed by atoms with Gasteiger partial charge in [-0.3, -0.25) is 0 Å². The number of nitrogens with one attached hydrogen (secondary N) is 1. The van der Waals surface area contributed by atoms with Crippen molar-refractivity contribution >= 4 is 21.4 Å². The van der Waals surface area contributed by atoms with Crippen LogP contribution in [0.4, 0.5) is 5.69 Å². The van der Waals surface area contributed by atoms with Crippen molar-refractivity contribution in [3.8, 4) is 0 Å². The maximum absolute atomic E-state index is 12.2. The third-order valence-electron chi connectivity index (χ3n) is 5.19. The first-order chi connectivity index (χ1) is 13.5. The number of rotatable bonds is 6. The summed E-state index contributed by atoms with van der Waals surface area (Å²) in [6.07, 6.45) is 3.67. The maximum Gasteiger partial charge on any atom is 0.213 e. The van der Waals surface area contributed by atoms with Gasteiger partial charge in [-0.15, -0.1) is 0 Å². The highest BCUT2D eigenvalue weighted by Crippen LogP contribution is 2.27. The first kappa shape index (κ1) is 18.9. The molecule has 148 valence electrons. The van der Waals surface area contributed by atoms with Gasteiger partial charge in [-0.05, 0) is 37.5 Å². The fraction of sp³-hybridized carbons (Fsp3) is 0.400. The first-order valence-corrected chi connectivity index (χ1v) is 11.3.